The van der Waals surface area contributed by atoms with E-state index in [9.17, 15) is 26.3 Å². The minimum Gasteiger partial charge on any atom is -0.491 e. The van der Waals surface area contributed by atoms with Gasteiger partial charge < -0.3 is 14.2 Å². The fourth-order valence-corrected chi connectivity index (χ4v) is 2.44. The molecule has 0 saturated heterocycles. The zero-order valence-electron chi connectivity index (χ0n) is 15.8. The van der Waals surface area contributed by atoms with Gasteiger partial charge in [0.05, 0.1) is 19.6 Å². The van der Waals surface area contributed by atoms with Gasteiger partial charge in [0, 0.05) is 0 Å². The predicted octanol–water partition coefficient (Wildman–Crippen LogP) is 6.03. The van der Waals surface area contributed by atoms with Gasteiger partial charge in [-0.1, -0.05) is 13.0 Å². The Hall–Kier alpha value is -2.58. The molecular weight excluding hydrogens is 402 g/mol. The van der Waals surface area contributed by atoms with Crippen molar-refractivity contribution < 1.29 is 40.6 Å². The average molecular weight is 422 g/mol. The van der Waals surface area contributed by atoms with E-state index in [0.717, 1.165) is 24.3 Å². The van der Waals surface area contributed by atoms with Crippen LogP contribution in [0.5, 0.6) is 17.2 Å². The average Bonchev–Trinajstić information content (AvgIpc) is 2.68. The van der Waals surface area contributed by atoms with E-state index in [2.05, 4.69) is 4.74 Å². The summed E-state index contributed by atoms with van der Waals surface area (Å²) in [6, 6.07) is 4.02. The zero-order chi connectivity index (χ0) is 21.6. The molecule has 0 spiro atoms. The molecule has 29 heavy (non-hydrogen) atoms. The van der Waals surface area contributed by atoms with E-state index >= 15 is 0 Å². The lowest BCUT2D eigenvalue weighted by Gasteiger charge is -2.19. The fraction of sp³-hybridized carbons (Fsp3) is 0.400. The number of halogens is 6. The Balaban J connectivity index is 2.09. The van der Waals surface area contributed by atoms with Crippen molar-refractivity contribution in [2.24, 2.45) is 0 Å². The maximum Gasteiger partial charge on any atom is 0.398 e. The quantitative estimate of drug-likeness (QED) is 0.437. The van der Waals surface area contributed by atoms with Crippen LogP contribution in [0.15, 0.2) is 24.3 Å². The lowest BCUT2D eigenvalue weighted by Crippen LogP contribution is -2.26. The van der Waals surface area contributed by atoms with E-state index < -0.39 is 53.7 Å². The van der Waals surface area contributed by atoms with Gasteiger partial charge in [0.15, 0.2) is 23.1 Å². The molecule has 9 heteroatoms. The number of ether oxygens (including phenoxy) is 3. The molecular formula is C20H20F6O3. The summed E-state index contributed by atoms with van der Waals surface area (Å²) in [6.45, 7) is 3.55. The molecule has 160 valence electrons. The van der Waals surface area contributed by atoms with Crippen LogP contribution in [-0.4, -0.2) is 19.3 Å². The van der Waals surface area contributed by atoms with Crippen LogP contribution >= 0.6 is 0 Å². The first-order chi connectivity index (χ1) is 13.7. The topological polar surface area (TPSA) is 27.7 Å². The van der Waals surface area contributed by atoms with E-state index in [1.165, 1.54) is 0 Å². The van der Waals surface area contributed by atoms with Crippen LogP contribution in [0.4, 0.5) is 26.3 Å². The van der Waals surface area contributed by atoms with Gasteiger partial charge in [-0.15, -0.1) is 0 Å². The van der Waals surface area contributed by atoms with Crippen molar-refractivity contribution in [1.82, 2.24) is 0 Å². The number of alkyl halides is 2. The summed E-state index contributed by atoms with van der Waals surface area (Å²) in [5, 5.41) is 0. The molecule has 0 fully saturated rings. The maximum atomic E-state index is 14.1. The molecule has 3 nitrogen and oxygen atoms in total. The van der Waals surface area contributed by atoms with E-state index in [0.29, 0.717) is 6.42 Å². The second kappa shape index (κ2) is 9.76. The van der Waals surface area contributed by atoms with Crippen LogP contribution in [0, 0.1) is 23.3 Å². The Labute approximate surface area is 164 Å². The van der Waals surface area contributed by atoms with Gasteiger partial charge in [-0.3, -0.25) is 0 Å². The zero-order valence-corrected chi connectivity index (χ0v) is 15.8. The van der Waals surface area contributed by atoms with E-state index in [1.807, 2.05) is 0 Å². The van der Waals surface area contributed by atoms with Crippen molar-refractivity contribution in [2.45, 2.75) is 39.2 Å². The molecule has 2 aromatic rings. The summed E-state index contributed by atoms with van der Waals surface area (Å²) >= 11 is 0. The maximum absolute atomic E-state index is 14.1. The third-order valence-electron chi connectivity index (χ3n) is 3.84. The Morgan fingerprint density at radius 2 is 1.31 bits per heavy atom. The molecule has 0 saturated carbocycles. The summed E-state index contributed by atoms with van der Waals surface area (Å²) in [7, 11) is 0. The van der Waals surface area contributed by atoms with Crippen molar-refractivity contribution >= 4 is 0 Å². The Kier molecular flexibility index (Phi) is 7.64. The largest absolute Gasteiger partial charge is 0.491 e. The van der Waals surface area contributed by atoms with Crippen molar-refractivity contribution in [2.75, 3.05) is 13.2 Å². The number of rotatable bonds is 10. The lowest BCUT2D eigenvalue weighted by atomic mass is 10.1. The Bertz CT molecular complexity index is 841. The molecule has 0 aromatic heterocycles. The van der Waals surface area contributed by atoms with Crippen LogP contribution in [0.1, 0.15) is 32.3 Å². The standard InChI is InChI=1S/C20H20F6O3/c1-3-11-28-14-6-5-12(16(21)17(14)22)9-10-20(25,26)29-15-8-7-13(27-4-2)18(23)19(15)24/h5-8H,3-4,9-11H2,1-2H3. The number of benzene rings is 2. The molecule has 2 rings (SSSR count). The molecule has 0 aliphatic heterocycles. The second-order valence-corrected chi connectivity index (χ2v) is 6.06. The van der Waals surface area contributed by atoms with Crippen molar-refractivity contribution in [3.05, 3.63) is 53.1 Å². The summed E-state index contributed by atoms with van der Waals surface area (Å²) in [4.78, 5) is 0. The van der Waals surface area contributed by atoms with Crippen LogP contribution < -0.4 is 14.2 Å². The minimum atomic E-state index is -3.96. The molecule has 0 aliphatic carbocycles. The van der Waals surface area contributed by atoms with Crippen LogP contribution in [0.25, 0.3) is 0 Å². The first-order valence-corrected chi connectivity index (χ1v) is 8.97. The molecule has 0 radical (unpaired) electrons. The second-order valence-electron chi connectivity index (χ2n) is 6.06. The number of aryl methyl sites for hydroxylation is 1. The van der Waals surface area contributed by atoms with Crippen LogP contribution in [0.3, 0.4) is 0 Å². The first-order valence-electron chi connectivity index (χ1n) is 8.97. The monoisotopic (exact) mass is 422 g/mol. The Morgan fingerprint density at radius 1 is 0.759 bits per heavy atom. The lowest BCUT2D eigenvalue weighted by molar-refractivity contribution is -0.181. The highest BCUT2D eigenvalue weighted by molar-refractivity contribution is 5.35. The molecule has 2 aromatic carbocycles. The molecule has 0 amide bonds. The fourth-order valence-electron chi connectivity index (χ4n) is 2.44. The SMILES string of the molecule is CCCOc1ccc(CCC(F)(F)Oc2ccc(OCC)c(F)c2F)c(F)c1F. The van der Waals surface area contributed by atoms with Crippen molar-refractivity contribution in [3.8, 4) is 17.2 Å². The highest BCUT2D eigenvalue weighted by Gasteiger charge is 2.34. The van der Waals surface area contributed by atoms with Crippen LogP contribution in [-0.2, 0) is 6.42 Å². The van der Waals surface area contributed by atoms with E-state index in [4.69, 9.17) is 9.47 Å². The number of hydrogen-bond donors (Lipinski definition) is 0. The third-order valence-corrected chi connectivity index (χ3v) is 3.84. The normalized spacial score (nSPS) is 11.4. The Morgan fingerprint density at radius 3 is 1.97 bits per heavy atom. The highest BCUT2D eigenvalue weighted by Crippen LogP contribution is 2.33. The number of hydrogen-bond acceptors (Lipinski definition) is 3. The van der Waals surface area contributed by atoms with Gasteiger partial charge >= 0.3 is 6.11 Å². The summed E-state index contributed by atoms with van der Waals surface area (Å²) in [5.74, 6) is -7.47. The highest BCUT2D eigenvalue weighted by atomic mass is 19.3. The van der Waals surface area contributed by atoms with E-state index in [-0.39, 0.29) is 24.5 Å². The first kappa shape index (κ1) is 22.7. The molecule has 0 bridgehead atoms. The third kappa shape index (κ3) is 5.71. The van der Waals surface area contributed by atoms with Gasteiger partial charge in [-0.2, -0.15) is 22.0 Å². The minimum absolute atomic E-state index is 0.0527. The van der Waals surface area contributed by atoms with Gasteiger partial charge in [0.1, 0.15) is 0 Å². The van der Waals surface area contributed by atoms with Gasteiger partial charge in [-0.05, 0) is 43.5 Å². The van der Waals surface area contributed by atoms with Gasteiger partial charge in [-0.25, -0.2) is 4.39 Å². The molecule has 0 unspecified atom stereocenters. The van der Waals surface area contributed by atoms with Crippen LogP contribution in [0.2, 0.25) is 0 Å². The van der Waals surface area contributed by atoms with E-state index in [1.54, 1.807) is 13.8 Å². The van der Waals surface area contributed by atoms with Crippen molar-refractivity contribution in [1.29, 1.82) is 0 Å². The summed E-state index contributed by atoms with van der Waals surface area (Å²) < 4.78 is 97.9. The molecule has 0 aliphatic rings. The van der Waals surface area contributed by atoms with Crippen molar-refractivity contribution in [3.63, 3.8) is 0 Å². The molecule has 0 atom stereocenters. The molecule has 0 N–H and O–H groups in total. The molecule has 0 heterocycles. The summed E-state index contributed by atoms with van der Waals surface area (Å²) in [6.07, 6.45) is -5.08. The predicted molar refractivity (Wildman–Crippen MR) is 93.6 cm³/mol. The smallest absolute Gasteiger partial charge is 0.398 e. The summed E-state index contributed by atoms with van der Waals surface area (Å²) in [5.41, 5.74) is -0.326. The van der Waals surface area contributed by atoms with Gasteiger partial charge in [0.2, 0.25) is 17.5 Å². The van der Waals surface area contributed by atoms with Gasteiger partial charge in [0.25, 0.3) is 0 Å².